The van der Waals surface area contributed by atoms with E-state index in [2.05, 4.69) is 10.6 Å². The Morgan fingerprint density at radius 2 is 1.00 bits per heavy atom. The van der Waals surface area contributed by atoms with E-state index >= 15 is 0 Å². The van der Waals surface area contributed by atoms with Crippen molar-refractivity contribution in [1.29, 1.82) is 0 Å². The highest BCUT2D eigenvalue weighted by Gasteiger charge is 2.57. The second kappa shape index (κ2) is 12.9. The van der Waals surface area contributed by atoms with Crippen LogP contribution >= 0.6 is 0 Å². The summed E-state index contributed by atoms with van der Waals surface area (Å²) in [5.41, 5.74) is -9.79. The van der Waals surface area contributed by atoms with Gasteiger partial charge in [0, 0.05) is 57.6 Å². The number of nitrogens with zero attached hydrogens (tertiary/aromatic N) is 1. The van der Waals surface area contributed by atoms with Gasteiger partial charge in [-0.15, -0.1) is 0 Å². The van der Waals surface area contributed by atoms with Crippen molar-refractivity contribution in [3.63, 3.8) is 0 Å². The smallest absolute Gasteiger partial charge is 0.139 e. The average molecular weight is 538 g/mol. The molecule has 12 heteroatoms. The Balaban J connectivity index is 3.88. The molecule has 0 saturated carbocycles. The first kappa shape index (κ1) is 33.4. The van der Waals surface area contributed by atoms with Gasteiger partial charge in [-0.1, -0.05) is 0 Å². The van der Waals surface area contributed by atoms with Gasteiger partial charge in [0.1, 0.15) is 53.8 Å². The lowest BCUT2D eigenvalue weighted by atomic mass is 9.70. The third kappa shape index (κ3) is 7.25. The van der Waals surface area contributed by atoms with Crippen LogP contribution < -0.4 is 10.6 Å². The maximum atomic E-state index is 14.7. The summed E-state index contributed by atoms with van der Waals surface area (Å²) in [4.78, 5) is 1.29. The molecule has 1 saturated heterocycles. The van der Waals surface area contributed by atoms with E-state index in [0.717, 1.165) is 41.5 Å². The average Bonchev–Trinajstić information content (AvgIpc) is 2.84. The molecule has 0 aliphatic carbocycles. The molecule has 0 aromatic heterocycles. The minimum absolute atomic E-state index is 0.0712. The minimum Gasteiger partial charge on any atom is -0.384 e. The third-order valence-electron chi connectivity index (χ3n) is 7.96. The Kier molecular flexibility index (Phi) is 12.0. The van der Waals surface area contributed by atoms with Crippen molar-refractivity contribution < 1.29 is 41.7 Å². The highest BCUT2D eigenvalue weighted by molar-refractivity contribution is 5.10. The monoisotopic (exact) mass is 537 g/mol. The molecule has 1 aliphatic heterocycles. The fraction of sp³-hybridized carbons (Fsp3) is 1.00. The molecule has 1 fully saturated rings. The van der Waals surface area contributed by atoms with Crippen LogP contribution in [-0.4, -0.2) is 119 Å². The fourth-order valence-corrected chi connectivity index (χ4v) is 4.97. The van der Waals surface area contributed by atoms with Crippen molar-refractivity contribution in [2.75, 3.05) is 39.3 Å². The first-order valence-corrected chi connectivity index (χ1v) is 12.6. The Morgan fingerprint density at radius 1 is 0.639 bits per heavy atom. The van der Waals surface area contributed by atoms with Crippen LogP contribution in [0.5, 0.6) is 0 Å². The normalized spacial score (nSPS) is 30.8. The molecule has 6 nitrogen and oxygen atoms in total. The molecule has 36 heavy (non-hydrogen) atoms. The zero-order valence-corrected chi connectivity index (χ0v) is 22.2. The zero-order chi connectivity index (χ0) is 28.1. The molecule has 0 amide bonds. The van der Waals surface area contributed by atoms with E-state index in [0.29, 0.717) is 13.1 Å². The van der Waals surface area contributed by atoms with Crippen molar-refractivity contribution in [2.45, 2.75) is 114 Å². The van der Waals surface area contributed by atoms with Crippen LogP contribution in [0, 0.1) is 0 Å². The Hall–Kier alpha value is -0.660. The summed E-state index contributed by atoms with van der Waals surface area (Å²) in [5, 5.41) is 39.3. The zero-order valence-electron chi connectivity index (χ0n) is 22.2. The van der Waals surface area contributed by atoms with Crippen LogP contribution in [0.4, 0.5) is 26.3 Å². The van der Waals surface area contributed by atoms with E-state index in [9.17, 15) is 41.7 Å². The van der Waals surface area contributed by atoms with Crippen molar-refractivity contribution in [1.82, 2.24) is 15.5 Å². The van der Waals surface area contributed by atoms with Crippen LogP contribution in [0.25, 0.3) is 0 Å². The molecule has 0 radical (unpaired) electrons. The number of alkyl halides is 6. The standard InChI is InChI=1S/C24H45F6N3O3/c1-15(25)22(34,16(2)26)11-21(12-23(35,17(3)27)18(4)28)13-32-8-7-31-9-10-33(21)14-24(36,19(5)29)20(6)30/h15-20,31-32,34-36H,7-14H2,1-6H3. The number of rotatable bonds is 12. The molecule has 6 atom stereocenters. The van der Waals surface area contributed by atoms with Gasteiger partial charge in [-0.2, -0.15) is 0 Å². The molecule has 6 unspecified atom stereocenters. The van der Waals surface area contributed by atoms with Crippen molar-refractivity contribution in [2.24, 2.45) is 0 Å². The van der Waals surface area contributed by atoms with Gasteiger partial charge < -0.3 is 26.0 Å². The van der Waals surface area contributed by atoms with Gasteiger partial charge in [0.15, 0.2) is 0 Å². The van der Waals surface area contributed by atoms with Crippen molar-refractivity contribution in [3.8, 4) is 0 Å². The molecule has 0 aromatic rings. The summed E-state index contributed by atoms with van der Waals surface area (Å²) in [5.74, 6) is 0. The molecular formula is C24H45F6N3O3. The molecule has 216 valence electrons. The maximum Gasteiger partial charge on any atom is 0.139 e. The highest BCUT2D eigenvalue weighted by atomic mass is 19.2. The second-order valence-electron chi connectivity index (χ2n) is 10.6. The van der Waals surface area contributed by atoms with E-state index in [1.54, 1.807) is 0 Å². The minimum atomic E-state index is -2.68. The van der Waals surface area contributed by atoms with Crippen molar-refractivity contribution >= 4 is 0 Å². The quantitative estimate of drug-likeness (QED) is 0.246. The molecule has 1 heterocycles. The lowest BCUT2D eigenvalue weighted by Gasteiger charge is -2.54. The Morgan fingerprint density at radius 3 is 1.36 bits per heavy atom. The number of β-amino-alcohol motifs (C(OH)–C–C–N with tert-alkyl or cyclic N) is 1. The molecule has 1 rings (SSSR count). The first-order chi connectivity index (χ1) is 16.4. The van der Waals surface area contributed by atoms with E-state index < -0.39 is 78.8 Å². The van der Waals surface area contributed by atoms with Crippen LogP contribution in [0.15, 0.2) is 0 Å². The predicted octanol–water partition coefficient (Wildman–Crippen LogP) is 2.34. The van der Waals surface area contributed by atoms with Crippen LogP contribution in [0.2, 0.25) is 0 Å². The van der Waals surface area contributed by atoms with E-state index in [-0.39, 0.29) is 19.6 Å². The predicted molar refractivity (Wildman–Crippen MR) is 128 cm³/mol. The molecular weight excluding hydrogens is 492 g/mol. The number of aliphatic hydroxyl groups is 3. The second-order valence-corrected chi connectivity index (χ2v) is 10.6. The van der Waals surface area contributed by atoms with Gasteiger partial charge in [-0.05, 0) is 41.5 Å². The van der Waals surface area contributed by atoms with Gasteiger partial charge in [0.25, 0.3) is 0 Å². The summed E-state index contributed by atoms with van der Waals surface area (Å²) in [6, 6.07) is 0. The Labute approximate surface area is 210 Å². The first-order valence-electron chi connectivity index (χ1n) is 12.6. The summed E-state index contributed by atoms with van der Waals surface area (Å²) in [6.07, 6.45) is -14.4. The lowest BCUT2D eigenvalue weighted by molar-refractivity contribution is -0.171. The van der Waals surface area contributed by atoms with Crippen molar-refractivity contribution in [3.05, 3.63) is 0 Å². The molecule has 0 spiro atoms. The van der Waals surface area contributed by atoms with Gasteiger partial charge in [-0.3, -0.25) is 4.90 Å². The van der Waals surface area contributed by atoms with Gasteiger partial charge >= 0.3 is 0 Å². The van der Waals surface area contributed by atoms with Crippen LogP contribution in [0.1, 0.15) is 54.4 Å². The Bertz CT molecular complexity index is 615. The molecule has 1 aliphatic rings. The van der Waals surface area contributed by atoms with Crippen LogP contribution in [0.3, 0.4) is 0 Å². The highest BCUT2D eigenvalue weighted by Crippen LogP contribution is 2.42. The molecule has 0 aromatic carbocycles. The maximum absolute atomic E-state index is 14.7. The molecule has 5 N–H and O–H groups in total. The van der Waals surface area contributed by atoms with Crippen LogP contribution in [-0.2, 0) is 0 Å². The lowest BCUT2D eigenvalue weighted by Crippen LogP contribution is -2.69. The van der Waals surface area contributed by atoms with Gasteiger partial charge in [0.2, 0.25) is 0 Å². The van der Waals surface area contributed by atoms with E-state index in [1.165, 1.54) is 4.90 Å². The summed E-state index contributed by atoms with van der Waals surface area (Å²) < 4.78 is 88.1. The summed E-state index contributed by atoms with van der Waals surface area (Å²) in [6.45, 7) is 5.51. The summed E-state index contributed by atoms with van der Waals surface area (Å²) >= 11 is 0. The fourth-order valence-electron chi connectivity index (χ4n) is 4.97. The number of halogens is 6. The number of hydrogen-bond acceptors (Lipinski definition) is 6. The number of hydrogen-bond donors (Lipinski definition) is 5. The SMILES string of the molecule is CC(F)C(O)(CN1CCNCCNCC1(CC(O)(C(C)F)C(C)F)CC(O)(C(C)F)C(C)F)C(C)F. The largest absolute Gasteiger partial charge is 0.384 e. The van der Waals surface area contributed by atoms with Gasteiger partial charge in [-0.25, -0.2) is 26.3 Å². The summed E-state index contributed by atoms with van der Waals surface area (Å²) in [7, 11) is 0. The van der Waals surface area contributed by atoms with E-state index in [1.807, 2.05) is 0 Å². The van der Waals surface area contributed by atoms with E-state index in [4.69, 9.17) is 0 Å². The third-order valence-corrected chi connectivity index (χ3v) is 7.96. The van der Waals surface area contributed by atoms with Gasteiger partial charge in [0.05, 0.1) is 0 Å². The molecule has 0 bridgehead atoms. The topological polar surface area (TPSA) is 88.0 Å². The number of nitrogens with one attached hydrogen (secondary N) is 2.